The summed E-state index contributed by atoms with van der Waals surface area (Å²) >= 11 is 0. The van der Waals surface area contributed by atoms with Crippen LogP contribution in [0.25, 0.3) is 6.08 Å². The normalized spacial score (nSPS) is 12.4. The van der Waals surface area contributed by atoms with E-state index in [0.717, 1.165) is 5.56 Å². The highest BCUT2D eigenvalue weighted by atomic mass is 16.6. The van der Waals surface area contributed by atoms with Crippen LogP contribution in [0.2, 0.25) is 0 Å². The fourth-order valence-electron chi connectivity index (χ4n) is 1.31. The van der Waals surface area contributed by atoms with Crippen molar-refractivity contribution in [3.05, 3.63) is 35.9 Å². The van der Waals surface area contributed by atoms with E-state index in [9.17, 15) is 4.79 Å². The summed E-state index contributed by atoms with van der Waals surface area (Å²) in [6, 6.07) is 7.55. The number of carbonyl (C=O) groups excluding carboxylic acids is 1. The molecule has 0 aliphatic rings. The second-order valence-corrected chi connectivity index (χ2v) is 3.32. The maximum atomic E-state index is 11.2. The van der Waals surface area contributed by atoms with Crippen molar-refractivity contribution in [2.75, 3.05) is 7.11 Å². The highest BCUT2D eigenvalue weighted by Crippen LogP contribution is 2.20. The maximum Gasteiger partial charge on any atom is 0.346 e. The Morgan fingerprint density at radius 3 is 2.69 bits per heavy atom. The number of rotatable bonds is 4. The van der Waals surface area contributed by atoms with Gasteiger partial charge in [0.1, 0.15) is 5.75 Å². The molecular formula is C13H16O3. The molecule has 3 nitrogen and oxygen atoms in total. The number of hydrogen-bond acceptors (Lipinski definition) is 3. The smallest absolute Gasteiger partial charge is 0.346 e. The van der Waals surface area contributed by atoms with E-state index >= 15 is 0 Å². The van der Waals surface area contributed by atoms with Crippen molar-refractivity contribution < 1.29 is 14.3 Å². The van der Waals surface area contributed by atoms with Gasteiger partial charge < -0.3 is 9.47 Å². The van der Waals surface area contributed by atoms with Crippen molar-refractivity contribution >= 4 is 12.0 Å². The number of para-hydroxylation sites is 1. The number of methoxy groups -OCH3 is 1. The first-order valence-electron chi connectivity index (χ1n) is 5.15. The molecule has 1 atom stereocenters. The molecule has 0 heterocycles. The fourth-order valence-corrected chi connectivity index (χ4v) is 1.31. The van der Waals surface area contributed by atoms with E-state index in [-0.39, 0.29) is 5.97 Å². The zero-order valence-corrected chi connectivity index (χ0v) is 9.77. The second-order valence-electron chi connectivity index (χ2n) is 3.32. The summed E-state index contributed by atoms with van der Waals surface area (Å²) in [4.78, 5) is 11.2. The van der Waals surface area contributed by atoms with Crippen molar-refractivity contribution in [3.8, 4) is 5.75 Å². The molecule has 1 aromatic carbocycles. The topological polar surface area (TPSA) is 35.5 Å². The number of ether oxygens (including phenoxy) is 2. The van der Waals surface area contributed by atoms with Gasteiger partial charge in [0.2, 0.25) is 0 Å². The van der Waals surface area contributed by atoms with Gasteiger partial charge in [0.15, 0.2) is 6.10 Å². The molecule has 0 aliphatic heterocycles. The molecule has 0 bridgehead atoms. The van der Waals surface area contributed by atoms with Crippen LogP contribution >= 0.6 is 0 Å². The minimum Gasteiger partial charge on any atom is -0.478 e. The van der Waals surface area contributed by atoms with Crippen LogP contribution < -0.4 is 4.74 Å². The summed E-state index contributed by atoms with van der Waals surface area (Å²) in [5.74, 6) is 0.300. The maximum absolute atomic E-state index is 11.2. The first-order chi connectivity index (χ1) is 7.69. The molecule has 1 aromatic rings. The summed E-state index contributed by atoms with van der Waals surface area (Å²) in [6.45, 7) is 3.60. The van der Waals surface area contributed by atoms with E-state index in [0.29, 0.717) is 5.75 Å². The molecule has 0 radical (unpaired) electrons. The predicted molar refractivity (Wildman–Crippen MR) is 63.3 cm³/mol. The van der Waals surface area contributed by atoms with E-state index in [1.54, 1.807) is 6.92 Å². The number of esters is 1. The standard InChI is InChI=1S/C13H16O3/c1-4-7-11-8-5-6-9-12(11)16-10(2)13(14)15-3/h4-10H,1-3H3/b7-4+. The average molecular weight is 220 g/mol. The van der Waals surface area contributed by atoms with Gasteiger partial charge in [-0.2, -0.15) is 0 Å². The minimum absolute atomic E-state index is 0.379. The van der Waals surface area contributed by atoms with Crippen molar-refractivity contribution in [3.63, 3.8) is 0 Å². The van der Waals surface area contributed by atoms with Gasteiger partial charge in [0, 0.05) is 5.56 Å². The lowest BCUT2D eigenvalue weighted by Crippen LogP contribution is -2.25. The van der Waals surface area contributed by atoms with E-state index in [2.05, 4.69) is 4.74 Å². The molecular weight excluding hydrogens is 204 g/mol. The predicted octanol–water partition coefficient (Wildman–Crippen LogP) is 2.66. The fraction of sp³-hybridized carbons (Fsp3) is 0.308. The Morgan fingerprint density at radius 1 is 1.38 bits per heavy atom. The van der Waals surface area contributed by atoms with Gasteiger partial charge in [-0.25, -0.2) is 4.79 Å². The van der Waals surface area contributed by atoms with E-state index in [1.165, 1.54) is 7.11 Å². The highest BCUT2D eigenvalue weighted by molar-refractivity contribution is 5.74. The van der Waals surface area contributed by atoms with Gasteiger partial charge in [0.05, 0.1) is 7.11 Å². The van der Waals surface area contributed by atoms with Crippen LogP contribution in [0.15, 0.2) is 30.3 Å². The SMILES string of the molecule is C/C=C/c1ccccc1OC(C)C(=O)OC. The Kier molecular flexibility index (Phi) is 4.58. The summed E-state index contributed by atoms with van der Waals surface area (Å²) in [6.07, 6.45) is 3.25. The van der Waals surface area contributed by atoms with Crippen LogP contribution in [-0.4, -0.2) is 19.2 Å². The van der Waals surface area contributed by atoms with Gasteiger partial charge in [-0.05, 0) is 19.9 Å². The molecule has 0 saturated carbocycles. The zero-order valence-electron chi connectivity index (χ0n) is 9.77. The summed E-state index contributed by atoms with van der Waals surface area (Å²) in [5, 5.41) is 0. The largest absolute Gasteiger partial charge is 0.478 e. The van der Waals surface area contributed by atoms with Crippen molar-refractivity contribution in [2.24, 2.45) is 0 Å². The molecule has 1 rings (SSSR count). The average Bonchev–Trinajstić information content (AvgIpc) is 2.31. The molecule has 0 N–H and O–H groups in total. The third kappa shape index (κ3) is 3.12. The summed E-state index contributed by atoms with van der Waals surface area (Å²) in [7, 11) is 1.35. The van der Waals surface area contributed by atoms with Gasteiger partial charge in [0.25, 0.3) is 0 Å². The quantitative estimate of drug-likeness (QED) is 0.732. The minimum atomic E-state index is -0.601. The molecule has 16 heavy (non-hydrogen) atoms. The number of allylic oxidation sites excluding steroid dienone is 1. The van der Waals surface area contributed by atoms with E-state index in [4.69, 9.17) is 4.74 Å². The summed E-state index contributed by atoms with van der Waals surface area (Å²) < 4.78 is 10.1. The number of benzene rings is 1. The van der Waals surface area contributed by atoms with Crippen LogP contribution in [0, 0.1) is 0 Å². The Bertz CT molecular complexity index is 383. The van der Waals surface area contributed by atoms with Crippen molar-refractivity contribution in [2.45, 2.75) is 20.0 Å². The van der Waals surface area contributed by atoms with E-state index < -0.39 is 6.10 Å². The van der Waals surface area contributed by atoms with Crippen LogP contribution in [0.5, 0.6) is 5.75 Å². The molecule has 3 heteroatoms. The molecule has 86 valence electrons. The molecule has 0 amide bonds. The lowest BCUT2D eigenvalue weighted by molar-refractivity contribution is -0.147. The third-order valence-corrected chi connectivity index (χ3v) is 2.10. The Balaban J connectivity index is 2.84. The van der Waals surface area contributed by atoms with Gasteiger partial charge in [-0.15, -0.1) is 0 Å². The van der Waals surface area contributed by atoms with Crippen LogP contribution in [0.3, 0.4) is 0 Å². The lowest BCUT2D eigenvalue weighted by atomic mass is 10.2. The van der Waals surface area contributed by atoms with Crippen molar-refractivity contribution in [1.82, 2.24) is 0 Å². The number of carbonyl (C=O) groups is 1. The zero-order chi connectivity index (χ0) is 12.0. The molecule has 0 spiro atoms. The molecule has 0 saturated heterocycles. The monoisotopic (exact) mass is 220 g/mol. The first-order valence-corrected chi connectivity index (χ1v) is 5.15. The van der Waals surface area contributed by atoms with Gasteiger partial charge in [-0.3, -0.25) is 0 Å². The highest BCUT2D eigenvalue weighted by Gasteiger charge is 2.15. The lowest BCUT2D eigenvalue weighted by Gasteiger charge is -2.14. The molecule has 1 unspecified atom stereocenters. The second kappa shape index (κ2) is 5.95. The van der Waals surface area contributed by atoms with E-state index in [1.807, 2.05) is 43.3 Å². The molecule has 0 aliphatic carbocycles. The Morgan fingerprint density at radius 2 is 2.06 bits per heavy atom. The third-order valence-electron chi connectivity index (χ3n) is 2.10. The molecule has 0 aromatic heterocycles. The van der Waals surface area contributed by atoms with Crippen molar-refractivity contribution in [1.29, 1.82) is 0 Å². The number of hydrogen-bond donors (Lipinski definition) is 0. The first kappa shape index (κ1) is 12.3. The van der Waals surface area contributed by atoms with Gasteiger partial charge in [-0.1, -0.05) is 30.4 Å². The van der Waals surface area contributed by atoms with Gasteiger partial charge >= 0.3 is 5.97 Å². The Hall–Kier alpha value is -1.77. The van der Waals surface area contributed by atoms with Crippen LogP contribution in [0.1, 0.15) is 19.4 Å². The van der Waals surface area contributed by atoms with Crippen LogP contribution in [0.4, 0.5) is 0 Å². The Labute approximate surface area is 95.7 Å². The molecule has 0 fully saturated rings. The van der Waals surface area contributed by atoms with Crippen LogP contribution in [-0.2, 0) is 9.53 Å². The summed E-state index contributed by atoms with van der Waals surface area (Å²) in [5.41, 5.74) is 0.945.